The van der Waals surface area contributed by atoms with E-state index in [0.717, 1.165) is 17.2 Å². The van der Waals surface area contributed by atoms with Crippen LogP contribution in [-0.2, 0) is 0 Å². The molecule has 0 aromatic heterocycles. The predicted molar refractivity (Wildman–Crippen MR) is 65.4 cm³/mol. The molecule has 1 aliphatic heterocycles. The van der Waals surface area contributed by atoms with E-state index in [4.69, 9.17) is 9.47 Å². The molecule has 16 heavy (non-hydrogen) atoms. The summed E-state index contributed by atoms with van der Waals surface area (Å²) in [4.78, 5) is 0. The largest absolute Gasteiger partial charge is 0.486 e. The lowest BCUT2D eigenvalue weighted by atomic mass is 10.1. The van der Waals surface area contributed by atoms with E-state index in [2.05, 4.69) is 26.1 Å². The van der Waals surface area contributed by atoms with Crippen molar-refractivity contribution >= 4 is 5.69 Å². The summed E-state index contributed by atoms with van der Waals surface area (Å²) in [7, 11) is 0. The summed E-state index contributed by atoms with van der Waals surface area (Å²) in [5, 5.41) is 3.46. The van der Waals surface area contributed by atoms with Crippen molar-refractivity contribution in [2.45, 2.75) is 26.8 Å². The first kappa shape index (κ1) is 11.1. The van der Waals surface area contributed by atoms with Gasteiger partial charge in [-0.1, -0.05) is 19.9 Å². The molecule has 0 saturated heterocycles. The Kier molecular flexibility index (Phi) is 3.22. The Hall–Kier alpha value is -1.38. The minimum absolute atomic E-state index is 0.414. The van der Waals surface area contributed by atoms with Crippen molar-refractivity contribution in [2.24, 2.45) is 5.92 Å². The van der Waals surface area contributed by atoms with Crippen molar-refractivity contribution in [1.82, 2.24) is 0 Å². The quantitative estimate of drug-likeness (QED) is 0.851. The summed E-state index contributed by atoms with van der Waals surface area (Å²) in [5.41, 5.74) is 1.03. The van der Waals surface area contributed by atoms with Gasteiger partial charge in [0.25, 0.3) is 0 Å². The van der Waals surface area contributed by atoms with Crippen molar-refractivity contribution < 1.29 is 9.47 Å². The summed E-state index contributed by atoms with van der Waals surface area (Å²) in [6.07, 6.45) is 0. The fourth-order valence-corrected chi connectivity index (χ4v) is 1.60. The van der Waals surface area contributed by atoms with E-state index in [9.17, 15) is 0 Å². The van der Waals surface area contributed by atoms with Crippen LogP contribution in [0.4, 0.5) is 5.69 Å². The molecule has 2 rings (SSSR count). The van der Waals surface area contributed by atoms with Crippen molar-refractivity contribution in [3.8, 4) is 11.5 Å². The fourth-order valence-electron chi connectivity index (χ4n) is 1.60. The zero-order chi connectivity index (χ0) is 11.5. The first-order chi connectivity index (χ1) is 7.68. The van der Waals surface area contributed by atoms with Crippen LogP contribution in [0.2, 0.25) is 0 Å². The molecule has 0 aliphatic carbocycles. The fraction of sp³-hybridized carbons (Fsp3) is 0.538. The molecule has 1 atom stereocenters. The molecule has 1 aromatic rings. The number of ether oxygens (including phenoxy) is 2. The number of hydrogen-bond donors (Lipinski definition) is 1. The number of fused-ring (bicyclic) bond motifs is 1. The van der Waals surface area contributed by atoms with Crippen LogP contribution in [0.15, 0.2) is 18.2 Å². The first-order valence-electron chi connectivity index (χ1n) is 5.83. The average molecular weight is 221 g/mol. The summed E-state index contributed by atoms with van der Waals surface area (Å²) < 4.78 is 11.2. The number of benzene rings is 1. The molecule has 0 spiro atoms. The normalized spacial score (nSPS) is 16.0. The Balaban J connectivity index is 2.20. The van der Waals surface area contributed by atoms with E-state index in [1.165, 1.54) is 0 Å². The van der Waals surface area contributed by atoms with Gasteiger partial charge in [0.1, 0.15) is 13.2 Å². The van der Waals surface area contributed by atoms with Crippen LogP contribution in [0, 0.1) is 5.92 Å². The number of nitrogens with one attached hydrogen (secondary N) is 1. The zero-order valence-electron chi connectivity index (χ0n) is 10.1. The van der Waals surface area contributed by atoms with Crippen molar-refractivity contribution in [1.29, 1.82) is 0 Å². The lowest BCUT2D eigenvalue weighted by Crippen LogP contribution is -2.23. The molecule has 0 radical (unpaired) electrons. The predicted octanol–water partition coefficient (Wildman–Crippen LogP) is 2.91. The number of anilines is 1. The first-order valence-corrected chi connectivity index (χ1v) is 5.83. The molecule has 88 valence electrons. The van der Waals surface area contributed by atoms with E-state index in [1.54, 1.807) is 0 Å². The van der Waals surface area contributed by atoms with Gasteiger partial charge in [-0.05, 0) is 25.0 Å². The Morgan fingerprint density at radius 2 is 1.88 bits per heavy atom. The molecule has 1 N–H and O–H groups in total. The van der Waals surface area contributed by atoms with E-state index >= 15 is 0 Å². The monoisotopic (exact) mass is 221 g/mol. The molecule has 1 unspecified atom stereocenters. The second-order valence-corrected chi connectivity index (χ2v) is 4.51. The second kappa shape index (κ2) is 4.64. The van der Waals surface area contributed by atoms with E-state index in [-0.39, 0.29) is 0 Å². The van der Waals surface area contributed by atoms with Crippen molar-refractivity contribution in [3.05, 3.63) is 18.2 Å². The molecule has 1 aromatic carbocycles. The van der Waals surface area contributed by atoms with Gasteiger partial charge in [0.2, 0.25) is 0 Å². The average Bonchev–Trinajstić information content (AvgIpc) is 2.29. The lowest BCUT2D eigenvalue weighted by Gasteiger charge is -2.24. The smallest absolute Gasteiger partial charge is 0.184 e. The van der Waals surface area contributed by atoms with E-state index in [0.29, 0.717) is 25.2 Å². The molecule has 0 bridgehead atoms. The lowest BCUT2D eigenvalue weighted by molar-refractivity contribution is 0.172. The van der Waals surface area contributed by atoms with E-state index in [1.807, 2.05) is 18.2 Å². The maximum absolute atomic E-state index is 5.65. The standard InChI is InChI=1S/C13H19NO2/c1-9(2)10(3)14-11-5-4-6-12-13(11)16-8-7-15-12/h4-6,9-10,14H,7-8H2,1-3H3. The van der Waals surface area contributed by atoms with E-state index < -0.39 is 0 Å². The Labute approximate surface area is 96.8 Å². The summed E-state index contributed by atoms with van der Waals surface area (Å²) in [6, 6.07) is 6.38. The zero-order valence-corrected chi connectivity index (χ0v) is 10.1. The van der Waals surface area contributed by atoms with Crippen LogP contribution in [-0.4, -0.2) is 19.3 Å². The molecule has 1 aliphatic rings. The highest BCUT2D eigenvalue weighted by atomic mass is 16.6. The molecule has 3 nitrogen and oxygen atoms in total. The van der Waals surface area contributed by atoms with Crippen LogP contribution < -0.4 is 14.8 Å². The maximum Gasteiger partial charge on any atom is 0.184 e. The SMILES string of the molecule is CC(C)C(C)Nc1cccc2c1OCCO2. The third kappa shape index (κ3) is 2.23. The molecular weight excluding hydrogens is 202 g/mol. The van der Waals surface area contributed by atoms with Gasteiger partial charge < -0.3 is 14.8 Å². The van der Waals surface area contributed by atoms with Gasteiger partial charge in [-0.2, -0.15) is 0 Å². The molecule has 0 saturated carbocycles. The van der Waals surface area contributed by atoms with Crippen LogP contribution in [0.5, 0.6) is 11.5 Å². The topological polar surface area (TPSA) is 30.5 Å². The minimum atomic E-state index is 0.414. The van der Waals surface area contributed by atoms with Gasteiger partial charge in [0, 0.05) is 6.04 Å². The molecule has 3 heteroatoms. The maximum atomic E-state index is 5.65. The Morgan fingerprint density at radius 1 is 1.12 bits per heavy atom. The highest BCUT2D eigenvalue weighted by Crippen LogP contribution is 2.37. The number of rotatable bonds is 3. The third-order valence-electron chi connectivity index (χ3n) is 2.95. The summed E-state index contributed by atoms with van der Waals surface area (Å²) in [5.74, 6) is 2.27. The van der Waals surface area contributed by atoms with Crippen LogP contribution >= 0.6 is 0 Å². The van der Waals surface area contributed by atoms with Crippen molar-refractivity contribution in [3.63, 3.8) is 0 Å². The highest BCUT2D eigenvalue weighted by Gasteiger charge is 2.17. The molecule has 0 amide bonds. The van der Waals surface area contributed by atoms with Gasteiger partial charge >= 0.3 is 0 Å². The molecule has 0 fully saturated rings. The highest BCUT2D eigenvalue weighted by molar-refractivity contribution is 5.64. The summed E-state index contributed by atoms with van der Waals surface area (Å²) in [6.45, 7) is 7.83. The van der Waals surface area contributed by atoms with Crippen LogP contribution in [0.3, 0.4) is 0 Å². The van der Waals surface area contributed by atoms with Gasteiger partial charge in [-0.3, -0.25) is 0 Å². The van der Waals surface area contributed by atoms with Crippen LogP contribution in [0.25, 0.3) is 0 Å². The van der Waals surface area contributed by atoms with Gasteiger partial charge in [-0.25, -0.2) is 0 Å². The Bertz CT molecular complexity index is 363. The molecule has 1 heterocycles. The van der Waals surface area contributed by atoms with Gasteiger partial charge in [0.15, 0.2) is 11.5 Å². The van der Waals surface area contributed by atoms with Crippen LogP contribution in [0.1, 0.15) is 20.8 Å². The second-order valence-electron chi connectivity index (χ2n) is 4.51. The minimum Gasteiger partial charge on any atom is -0.486 e. The molecular formula is C13H19NO2. The Morgan fingerprint density at radius 3 is 2.62 bits per heavy atom. The number of hydrogen-bond acceptors (Lipinski definition) is 3. The van der Waals surface area contributed by atoms with Gasteiger partial charge in [-0.15, -0.1) is 0 Å². The number of para-hydroxylation sites is 1. The summed E-state index contributed by atoms with van der Waals surface area (Å²) >= 11 is 0. The third-order valence-corrected chi connectivity index (χ3v) is 2.95. The van der Waals surface area contributed by atoms with Gasteiger partial charge in [0.05, 0.1) is 5.69 Å². The van der Waals surface area contributed by atoms with Crippen molar-refractivity contribution in [2.75, 3.05) is 18.5 Å².